The minimum absolute atomic E-state index is 0.0192. The number of cyclic esters (lactones) is 1. The van der Waals surface area contributed by atoms with Gasteiger partial charge in [0.05, 0.1) is 0 Å². The van der Waals surface area contributed by atoms with Gasteiger partial charge in [-0.1, -0.05) is 52.3 Å². The lowest BCUT2D eigenvalue weighted by Gasteiger charge is -2.41. The van der Waals surface area contributed by atoms with E-state index in [1.54, 1.807) is 0 Å². The van der Waals surface area contributed by atoms with Crippen molar-refractivity contribution in [3.05, 3.63) is 93.5 Å². The summed E-state index contributed by atoms with van der Waals surface area (Å²) in [6, 6.07) is 17.3. The number of imide groups is 1. The molecule has 9 heteroatoms. The first-order valence-corrected chi connectivity index (χ1v) is 14.0. The summed E-state index contributed by atoms with van der Waals surface area (Å²) in [6.45, 7) is 3.00. The fraction of sp³-hybridized carbons (Fsp3) is 0.333. The molecule has 1 N–H and O–H groups in total. The first kappa shape index (κ1) is 26.0. The fourth-order valence-electron chi connectivity index (χ4n) is 6.32. The first-order valence-electron chi connectivity index (χ1n) is 13.2. The number of benzene rings is 3. The van der Waals surface area contributed by atoms with Crippen LogP contribution >= 0.6 is 15.9 Å². The monoisotopic (exact) mass is 595 g/mol. The van der Waals surface area contributed by atoms with Crippen molar-refractivity contribution in [3.63, 3.8) is 0 Å². The van der Waals surface area contributed by atoms with Crippen LogP contribution in [0.2, 0.25) is 0 Å². The zero-order chi connectivity index (χ0) is 27.1. The maximum Gasteiger partial charge on any atom is 0.418 e. The number of nitrogens with zero attached hydrogens (tertiary/aromatic N) is 2. The van der Waals surface area contributed by atoms with Crippen molar-refractivity contribution in [3.8, 4) is 11.1 Å². The highest BCUT2D eigenvalue weighted by atomic mass is 79.9. The molecule has 3 aromatic carbocycles. The molecular formula is C30H28BrF2N3O3. The highest BCUT2D eigenvalue weighted by Gasteiger charge is 2.45. The van der Waals surface area contributed by atoms with Gasteiger partial charge < -0.3 is 15.0 Å². The zero-order valence-corrected chi connectivity index (χ0v) is 22.8. The topological polar surface area (TPSA) is 61.9 Å². The number of hydrogen-bond donors (Lipinski definition) is 1. The average Bonchev–Trinajstić information content (AvgIpc) is 3.45. The van der Waals surface area contributed by atoms with Gasteiger partial charge in [-0.3, -0.25) is 0 Å². The molecule has 0 saturated carbocycles. The van der Waals surface area contributed by atoms with Gasteiger partial charge in [0.25, 0.3) is 0 Å². The van der Waals surface area contributed by atoms with Crippen LogP contribution in [0, 0.1) is 11.6 Å². The van der Waals surface area contributed by atoms with Crippen LogP contribution < -0.4 is 5.32 Å². The van der Waals surface area contributed by atoms with Crippen LogP contribution in [0.3, 0.4) is 0 Å². The van der Waals surface area contributed by atoms with Gasteiger partial charge in [-0.25, -0.2) is 23.3 Å². The van der Waals surface area contributed by atoms with Crippen LogP contribution in [0.5, 0.6) is 0 Å². The summed E-state index contributed by atoms with van der Waals surface area (Å²) < 4.78 is 33.2. The number of halogens is 3. The van der Waals surface area contributed by atoms with E-state index in [9.17, 15) is 18.4 Å². The number of hydrogen-bond acceptors (Lipinski definition) is 4. The Kier molecular flexibility index (Phi) is 6.89. The molecule has 0 aromatic heterocycles. The van der Waals surface area contributed by atoms with Crippen molar-refractivity contribution in [1.82, 2.24) is 15.1 Å². The van der Waals surface area contributed by atoms with E-state index < -0.39 is 29.8 Å². The molecule has 6 nitrogen and oxygen atoms in total. The van der Waals surface area contributed by atoms with Crippen molar-refractivity contribution in [2.45, 2.75) is 30.7 Å². The fourth-order valence-corrected chi connectivity index (χ4v) is 6.68. The predicted molar refractivity (Wildman–Crippen MR) is 146 cm³/mol. The number of fused-ring (bicyclic) bond motifs is 5. The summed E-state index contributed by atoms with van der Waals surface area (Å²) in [7, 11) is 0. The van der Waals surface area contributed by atoms with Crippen molar-refractivity contribution < 1.29 is 23.1 Å². The maximum atomic E-state index is 13.7. The van der Waals surface area contributed by atoms with E-state index >= 15 is 0 Å². The normalized spacial score (nSPS) is 19.6. The van der Waals surface area contributed by atoms with E-state index in [2.05, 4.69) is 68.6 Å². The highest BCUT2D eigenvalue weighted by Crippen LogP contribution is 2.54. The number of ether oxygens (including phenoxy) is 1. The molecule has 202 valence electrons. The molecule has 2 heterocycles. The van der Waals surface area contributed by atoms with Gasteiger partial charge >= 0.3 is 12.1 Å². The molecule has 2 fully saturated rings. The van der Waals surface area contributed by atoms with Gasteiger partial charge in [0.15, 0.2) is 11.6 Å². The Morgan fingerprint density at radius 2 is 1.77 bits per heavy atom. The number of amides is 3. The highest BCUT2D eigenvalue weighted by molar-refractivity contribution is 9.10. The Labute approximate surface area is 234 Å². The molecular weight excluding hydrogens is 568 g/mol. The van der Waals surface area contributed by atoms with E-state index in [-0.39, 0.29) is 12.0 Å². The number of nitrogens with one attached hydrogen (secondary N) is 1. The smallest absolute Gasteiger partial charge is 0.418 e. The zero-order valence-electron chi connectivity index (χ0n) is 21.3. The summed E-state index contributed by atoms with van der Waals surface area (Å²) in [5.74, 6) is -2.02. The molecule has 3 amide bonds. The number of carbonyl (C=O) groups excluding carboxylic acids is 2. The molecule has 1 aliphatic carbocycles. The number of piperidine rings is 1. The van der Waals surface area contributed by atoms with Gasteiger partial charge in [0.2, 0.25) is 0 Å². The summed E-state index contributed by atoms with van der Waals surface area (Å²) in [5.41, 5.74) is 5.80. The lowest BCUT2D eigenvalue weighted by molar-refractivity contribution is 0.157. The van der Waals surface area contributed by atoms with Gasteiger partial charge in [-0.15, -0.1) is 0 Å². The molecule has 1 spiro atoms. The molecule has 0 unspecified atom stereocenters. The molecule has 2 saturated heterocycles. The predicted octanol–water partition coefficient (Wildman–Crippen LogP) is 6.38. The second kappa shape index (κ2) is 10.4. The minimum atomic E-state index is -1.03. The molecule has 3 aromatic rings. The Hall–Kier alpha value is -3.30. The standard InChI is InChI=1S/C30H28BrF2N3O3/c31-20-7-8-22-21-4-1-2-5-23(21)30(24(22)17-20)10-14-35(15-11-30)13-3-12-34-28(37)36-27(18-39-29(36)38)19-6-9-25(32)26(33)16-19/h1-2,4-9,16-17,27H,3,10-15,18H2,(H,34,37)/t27-/m1/s1. The Bertz CT molecular complexity index is 1440. The third-order valence-electron chi connectivity index (χ3n) is 8.29. The molecule has 0 bridgehead atoms. The van der Waals surface area contributed by atoms with Crippen molar-refractivity contribution in [2.75, 3.05) is 32.8 Å². The van der Waals surface area contributed by atoms with Crippen LogP contribution in [0.15, 0.2) is 65.1 Å². The summed E-state index contributed by atoms with van der Waals surface area (Å²) in [5, 5.41) is 2.79. The number of rotatable bonds is 5. The van der Waals surface area contributed by atoms with Crippen molar-refractivity contribution >= 4 is 28.1 Å². The summed E-state index contributed by atoms with van der Waals surface area (Å²) in [6.07, 6.45) is 1.97. The molecule has 2 aliphatic heterocycles. The minimum Gasteiger partial charge on any atom is -0.446 e. The van der Waals surface area contributed by atoms with E-state index in [4.69, 9.17) is 4.74 Å². The lowest BCUT2D eigenvalue weighted by atomic mass is 9.71. The van der Waals surface area contributed by atoms with Crippen molar-refractivity contribution in [2.24, 2.45) is 0 Å². The summed E-state index contributed by atoms with van der Waals surface area (Å²) in [4.78, 5) is 28.4. The lowest BCUT2D eigenvalue weighted by Crippen LogP contribution is -2.44. The molecule has 39 heavy (non-hydrogen) atoms. The van der Waals surface area contributed by atoms with E-state index in [1.165, 1.54) is 28.3 Å². The van der Waals surface area contributed by atoms with Gasteiger partial charge in [-0.05, 0) is 91.0 Å². The second-order valence-corrected chi connectivity index (χ2v) is 11.3. The third kappa shape index (κ3) is 4.61. The molecule has 0 radical (unpaired) electrons. The molecule has 3 aliphatic rings. The summed E-state index contributed by atoms with van der Waals surface area (Å²) >= 11 is 3.67. The van der Waals surface area contributed by atoms with E-state index in [1.807, 2.05) is 0 Å². The average molecular weight is 596 g/mol. The molecule has 6 rings (SSSR count). The Morgan fingerprint density at radius 3 is 2.56 bits per heavy atom. The Morgan fingerprint density at radius 1 is 1.00 bits per heavy atom. The van der Waals surface area contributed by atoms with Crippen molar-refractivity contribution in [1.29, 1.82) is 0 Å². The first-order chi connectivity index (χ1) is 18.9. The third-order valence-corrected chi connectivity index (χ3v) is 8.78. The largest absolute Gasteiger partial charge is 0.446 e. The second-order valence-electron chi connectivity index (χ2n) is 10.4. The van der Waals surface area contributed by atoms with Gasteiger partial charge in [0.1, 0.15) is 12.6 Å². The van der Waals surface area contributed by atoms with Crippen LogP contribution in [0.4, 0.5) is 18.4 Å². The van der Waals surface area contributed by atoms with Crippen LogP contribution in [-0.2, 0) is 10.2 Å². The maximum absolute atomic E-state index is 13.7. The number of urea groups is 1. The van der Waals surface area contributed by atoms with Crippen LogP contribution in [0.25, 0.3) is 11.1 Å². The van der Waals surface area contributed by atoms with E-state index in [0.717, 1.165) is 60.4 Å². The quantitative estimate of drug-likeness (QED) is 0.348. The van der Waals surface area contributed by atoms with Crippen LogP contribution in [0.1, 0.15) is 42.0 Å². The SMILES string of the molecule is O=C(NCCCN1CCC2(CC1)c1ccccc1-c1ccc(Br)cc12)N1C(=O)OC[C@@H]1c1ccc(F)c(F)c1. The van der Waals surface area contributed by atoms with E-state index in [0.29, 0.717) is 12.1 Å². The molecule has 1 atom stereocenters. The number of likely N-dealkylation sites (tertiary alicyclic amines) is 1. The van der Waals surface area contributed by atoms with Crippen LogP contribution in [-0.4, -0.2) is 54.7 Å². The van der Waals surface area contributed by atoms with Gasteiger partial charge in [0, 0.05) is 16.4 Å². The Balaban J connectivity index is 1.04. The number of carbonyl (C=O) groups is 2. The van der Waals surface area contributed by atoms with Gasteiger partial charge in [-0.2, -0.15) is 0 Å².